The van der Waals surface area contributed by atoms with Crippen LogP contribution in [-0.2, 0) is 9.53 Å². The van der Waals surface area contributed by atoms with Crippen molar-refractivity contribution >= 4 is 28.6 Å². The first-order chi connectivity index (χ1) is 7.61. The topological polar surface area (TPSA) is 38.3 Å². The van der Waals surface area contributed by atoms with Gasteiger partial charge in [-0.25, -0.2) is 9.18 Å². The Kier molecular flexibility index (Phi) is 3.44. The van der Waals surface area contributed by atoms with Crippen LogP contribution >= 0.6 is 22.6 Å². The number of nitrogens with one attached hydrogen (secondary N) is 1. The predicted octanol–water partition coefficient (Wildman–Crippen LogP) is 2.35. The molecular formula is C11H11FINO2. The fourth-order valence-corrected chi connectivity index (χ4v) is 1.96. The van der Waals surface area contributed by atoms with Crippen LogP contribution in [0.5, 0.6) is 0 Å². The summed E-state index contributed by atoms with van der Waals surface area (Å²) >= 11 is 1.91. The van der Waals surface area contributed by atoms with Crippen LogP contribution in [0.25, 0.3) is 0 Å². The maximum absolute atomic E-state index is 13.4. The van der Waals surface area contributed by atoms with Crippen LogP contribution in [0.3, 0.4) is 0 Å². The van der Waals surface area contributed by atoms with Crippen molar-refractivity contribution in [3.8, 4) is 0 Å². The highest BCUT2D eigenvalue weighted by Gasteiger charge is 2.33. The van der Waals surface area contributed by atoms with Crippen molar-refractivity contribution in [1.29, 1.82) is 0 Å². The van der Waals surface area contributed by atoms with E-state index < -0.39 is 6.04 Å². The summed E-state index contributed by atoms with van der Waals surface area (Å²) in [6.45, 7) is 1.92. The van der Waals surface area contributed by atoms with Gasteiger partial charge < -0.3 is 4.74 Å². The van der Waals surface area contributed by atoms with Gasteiger partial charge in [0.05, 0.1) is 0 Å². The quantitative estimate of drug-likeness (QED) is 0.666. The number of esters is 1. The monoisotopic (exact) mass is 335 g/mol. The van der Waals surface area contributed by atoms with Gasteiger partial charge in [0.1, 0.15) is 11.9 Å². The van der Waals surface area contributed by atoms with Gasteiger partial charge >= 0.3 is 5.97 Å². The lowest BCUT2D eigenvalue weighted by atomic mass is 10.1. The van der Waals surface area contributed by atoms with Crippen LogP contribution < -0.4 is 5.32 Å². The zero-order valence-electron chi connectivity index (χ0n) is 8.67. The second kappa shape index (κ2) is 4.67. The third kappa shape index (κ3) is 2.20. The average Bonchev–Trinajstić information content (AvgIpc) is 2.64. The Hall–Kier alpha value is -0.690. The molecule has 1 aromatic carbocycles. The van der Waals surface area contributed by atoms with E-state index in [9.17, 15) is 9.18 Å². The summed E-state index contributed by atoms with van der Waals surface area (Å²) in [6, 6.07) is 4.22. The molecule has 0 spiro atoms. The van der Waals surface area contributed by atoms with E-state index in [0.717, 1.165) is 0 Å². The molecule has 1 fully saturated rings. The van der Waals surface area contributed by atoms with E-state index in [1.807, 2.05) is 29.5 Å². The summed E-state index contributed by atoms with van der Waals surface area (Å²) in [4.78, 5) is 11.5. The van der Waals surface area contributed by atoms with Crippen molar-refractivity contribution in [2.75, 3.05) is 0 Å². The highest BCUT2D eigenvalue weighted by atomic mass is 127. The molecule has 0 amide bonds. The maximum atomic E-state index is 13.4. The number of hydrogen-bond acceptors (Lipinski definition) is 3. The summed E-state index contributed by atoms with van der Waals surface area (Å²) in [7, 11) is 0. The second-order valence-electron chi connectivity index (χ2n) is 3.61. The highest BCUT2D eigenvalue weighted by molar-refractivity contribution is 14.1. The molecule has 1 aliphatic rings. The van der Waals surface area contributed by atoms with Crippen LogP contribution in [0.4, 0.5) is 4.39 Å². The minimum Gasteiger partial charge on any atom is -0.445 e. The van der Waals surface area contributed by atoms with E-state index in [2.05, 4.69) is 5.32 Å². The third-order valence-electron chi connectivity index (χ3n) is 2.49. The van der Waals surface area contributed by atoms with Gasteiger partial charge in [-0.15, -0.1) is 0 Å². The molecular weight excluding hydrogens is 324 g/mol. The molecule has 3 nitrogen and oxygen atoms in total. The van der Waals surface area contributed by atoms with E-state index in [1.54, 1.807) is 12.1 Å². The van der Waals surface area contributed by atoms with Crippen molar-refractivity contribution in [2.24, 2.45) is 0 Å². The van der Waals surface area contributed by atoms with Gasteiger partial charge in [-0.05, 0) is 46.7 Å². The van der Waals surface area contributed by atoms with Gasteiger partial charge in [-0.1, -0.05) is 13.0 Å². The van der Waals surface area contributed by atoms with Crippen molar-refractivity contribution in [3.05, 3.63) is 33.1 Å². The smallest absolute Gasteiger partial charge is 0.329 e. The van der Waals surface area contributed by atoms with Crippen LogP contribution in [0.1, 0.15) is 24.9 Å². The molecule has 0 saturated carbocycles. The zero-order valence-corrected chi connectivity index (χ0v) is 10.8. The summed E-state index contributed by atoms with van der Waals surface area (Å²) < 4.78 is 19.0. The first kappa shape index (κ1) is 11.8. The summed E-state index contributed by atoms with van der Waals surface area (Å²) in [5.74, 6) is -0.653. The Labute approximate surface area is 107 Å². The van der Waals surface area contributed by atoms with E-state index in [1.165, 1.54) is 6.07 Å². The molecule has 0 aromatic heterocycles. The Balaban J connectivity index is 2.24. The van der Waals surface area contributed by atoms with Gasteiger partial charge in [0.15, 0.2) is 6.23 Å². The number of rotatable bonds is 2. The summed E-state index contributed by atoms with van der Waals surface area (Å²) in [6.07, 6.45) is 0.439. The average molecular weight is 335 g/mol. The Morgan fingerprint density at radius 3 is 2.88 bits per heavy atom. The number of cyclic esters (lactones) is 1. The van der Waals surface area contributed by atoms with E-state index >= 15 is 0 Å². The molecule has 0 aliphatic carbocycles. The van der Waals surface area contributed by atoms with Crippen LogP contribution in [0.2, 0.25) is 0 Å². The van der Waals surface area contributed by atoms with Gasteiger partial charge in [0, 0.05) is 3.57 Å². The summed E-state index contributed by atoms with van der Waals surface area (Å²) in [5.41, 5.74) is 0.610. The summed E-state index contributed by atoms with van der Waals surface area (Å²) in [5, 5.41) is 3.01. The third-order valence-corrected chi connectivity index (χ3v) is 3.37. The van der Waals surface area contributed by atoms with Crippen LogP contribution in [-0.4, -0.2) is 12.2 Å². The van der Waals surface area contributed by atoms with Crippen molar-refractivity contribution in [1.82, 2.24) is 5.32 Å². The minimum atomic E-state index is -0.545. The van der Waals surface area contributed by atoms with Gasteiger partial charge in [-0.2, -0.15) is 0 Å². The highest BCUT2D eigenvalue weighted by Crippen LogP contribution is 2.24. The number of benzene rings is 1. The van der Waals surface area contributed by atoms with Gasteiger partial charge in [-0.3, -0.25) is 5.32 Å². The molecule has 2 rings (SSSR count). The zero-order chi connectivity index (χ0) is 11.7. The van der Waals surface area contributed by atoms with Crippen LogP contribution in [0.15, 0.2) is 18.2 Å². The van der Waals surface area contributed by atoms with E-state index in [-0.39, 0.29) is 18.0 Å². The molecule has 86 valence electrons. The number of hydrogen-bond donors (Lipinski definition) is 1. The first-order valence-corrected chi connectivity index (χ1v) is 6.11. The molecule has 1 heterocycles. The largest absolute Gasteiger partial charge is 0.445 e. The molecule has 2 atom stereocenters. The normalized spacial score (nSPS) is 24.6. The van der Waals surface area contributed by atoms with Crippen LogP contribution in [0, 0.1) is 9.39 Å². The second-order valence-corrected chi connectivity index (χ2v) is 4.77. The van der Waals surface area contributed by atoms with Gasteiger partial charge in [0.2, 0.25) is 0 Å². The maximum Gasteiger partial charge on any atom is 0.329 e. The lowest BCUT2D eigenvalue weighted by Gasteiger charge is -2.08. The molecule has 1 unspecified atom stereocenters. The number of carbonyl (C=O) groups excluding carboxylic acids is 1. The molecule has 1 aromatic rings. The molecule has 1 aliphatic heterocycles. The standard InChI is InChI=1S/C11H11FINO2/c1-2-9-14-10(11(15)16-9)6-3-4-8(13)7(12)5-6/h3-5,9-10,14H,2H2,1H3/t9-,10?/m0/s1. The SMILES string of the molecule is CC[C@H]1NC(c2ccc(I)c(F)c2)C(=O)O1. The van der Waals surface area contributed by atoms with Crippen molar-refractivity contribution < 1.29 is 13.9 Å². The molecule has 1 saturated heterocycles. The fraction of sp³-hybridized carbons (Fsp3) is 0.364. The molecule has 0 bridgehead atoms. The van der Waals surface area contributed by atoms with E-state index in [0.29, 0.717) is 15.6 Å². The number of halogens is 2. The molecule has 0 radical (unpaired) electrons. The molecule has 16 heavy (non-hydrogen) atoms. The lowest BCUT2D eigenvalue weighted by molar-refractivity contribution is -0.142. The fourth-order valence-electron chi connectivity index (χ4n) is 1.62. The predicted molar refractivity (Wildman–Crippen MR) is 65.2 cm³/mol. The first-order valence-electron chi connectivity index (χ1n) is 5.03. The number of carbonyl (C=O) groups is 1. The van der Waals surface area contributed by atoms with Crippen molar-refractivity contribution in [3.63, 3.8) is 0 Å². The lowest BCUT2D eigenvalue weighted by Crippen LogP contribution is -2.24. The molecule has 5 heteroatoms. The number of ether oxygens (including phenoxy) is 1. The Morgan fingerprint density at radius 2 is 2.31 bits per heavy atom. The Morgan fingerprint density at radius 1 is 1.56 bits per heavy atom. The minimum absolute atomic E-state index is 0.264. The molecule has 1 N–H and O–H groups in total. The Bertz CT molecular complexity index is 424. The van der Waals surface area contributed by atoms with E-state index in [4.69, 9.17) is 4.74 Å². The van der Waals surface area contributed by atoms with Crippen molar-refractivity contribution in [2.45, 2.75) is 25.6 Å². The van der Waals surface area contributed by atoms with Gasteiger partial charge in [0.25, 0.3) is 0 Å².